The fourth-order valence-electron chi connectivity index (χ4n) is 4.63. The van der Waals surface area contributed by atoms with Crippen molar-refractivity contribution < 1.29 is 14.3 Å². The van der Waals surface area contributed by atoms with Crippen LogP contribution >= 0.6 is 23.2 Å². The lowest BCUT2D eigenvalue weighted by atomic mass is 9.95. The molecule has 7 nitrogen and oxygen atoms in total. The van der Waals surface area contributed by atoms with E-state index in [0.717, 1.165) is 50.5 Å². The molecule has 0 unspecified atom stereocenters. The lowest BCUT2D eigenvalue weighted by Crippen LogP contribution is -2.52. The van der Waals surface area contributed by atoms with E-state index in [0.29, 0.717) is 35.4 Å². The highest BCUT2D eigenvalue weighted by atomic mass is 35.5. The van der Waals surface area contributed by atoms with Crippen LogP contribution in [0.1, 0.15) is 12.8 Å². The number of carbonyl (C=O) groups excluding carboxylic acids is 2. The van der Waals surface area contributed by atoms with E-state index in [9.17, 15) is 9.59 Å². The van der Waals surface area contributed by atoms with Gasteiger partial charge >= 0.3 is 0 Å². The summed E-state index contributed by atoms with van der Waals surface area (Å²) in [4.78, 5) is 31.9. The Morgan fingerprint density at radius 1 is 0.971 bits per heavy atom. The number of rotatable bonds is 6. The second kappa shape index (κ2) is 11.3. The van der Waals surface area contributed by atoms with Crippen LogP contribution in [-0.4, -0.2) is 74.5 Å². The first-order chi connectivity index (χ1) is 16.4. The highest BCUT2D eigenvalue weighted by molar-refractivity contribution is 6.42. The number of ether oxygens (including phenoxy) is 1. The van der Waals surface area contributed by atoms with Crippen molar-refractivity contribution in [3.63, 3.8) is 0 Å². The zero-order valence-corrected chi connectivity index (χ0v) is 20.8. The Bertz CT molecular complexity index is 1020. The summed E-state index contributed by atoms with van der Waals surface area (Å²) in [6.45, 7) is 4.75. The Hall–Kier alpha value is -2.48. The monoisotopic (exact) mass is 504 g/mol. The molecule has 1 N–H and O–H groups in total. The number of piperidine rings is 1. The number of likely N-dealkylation sites (tertiary alicyclic amines) is 1. The highest BCUT2D eigenvalue weighted by Gasteiger charge is 2.31. The first-order valence-electron chi connectivity index (χ1n) is 11.6. The largest absolute Gasteiger partial charge is 0.495 e. The fraction of sp³-hybridized carbons (Fsp3) is 0.440. The van der Waals surface area contributed by atoms with E-state index in [1.54, 1.807) is 25.3 Å². The lowest BCUT2D eigenvalue weighted by molar-refractivity contribution is -0.137. The molecule has 2 aliphatic heterocycles. The quantitative estimate of drug-likeness (QED) is 0.643. The molecule has 0 radical (unpaired) electrons. The third kappa shape index (κ3) is 5.95. The van der Waals surface area contributed by atoms with Gasteiger partial charge in [-0.25, -0.2) is 0 Å². The number of hydrogen-bond acceptors (Lipinski definition) is 5. The second-order valence-corrected chi connectivity index (χ2v) is 9.53. The SMILES string of the molecule is COc1ccccc1N1CCN(C(=O)C2CCN(CC(=O)Nc3ccc(Cl)c(Cl)c3)CC2)CC1. The van der Waals surface area contributed by atoms with Gasteiger partial charge in [-0.2, -0.15) is 0 Å². The number of amides is 2. The summed E-state index contributed by atoms with van der Waals surface area (Å²) < 4.78 is 5.48. The zero-order chi connectivity index (χ0) is 24.1. The van der Waals surface area contributed by atoms with Crippen molar-refractivity contribution in [1.29, 1.82) is 0 Å². The van der Waals surface area contributed by atoms with Crippen LogP contribution in [0.15, 0.2) is 42.5 Å². The molecule has 2 amide bonds. The average molecular weight is 505 g/mol. The Kier molecular flexibility index (Phi) is 8.19. The number of piperazine rings is 1. The van der Waals surface area contributed by atoms with Crippen LogP contribution in [-0.2, 0) is 9.59 Å². The first kappa shape index (κ1) is 24.6. The van der Waals surface area contributed by atoms with Gasteiger partial charge in [-0.3, -0.25) is 14.5 Å². The van der Waals surface area contributed by atoms with Crippen molar-refractivity contribution in [3.05, 3.63) is 52.5 Å². The first-order valence-corrected chi connectivity index (χ1v) is 12.3. The highest BCUT2D eigenvalue weighted by Crippen LogP contribution is 2.29. The summed E-state index contributed by atoms with van der Waals surface area (Å²) in [6, 6.07) is 13.0. The number of halogens is 2. The molecule has 0 atom stereocenters. The van der Waals surface area contributed by atoms with E-state index < -0.39 is 0 Å². The molecule has 2 saturated heterocycles. The van der Waals surface area contributed by atoms with Gasteiger partial charge in [0.25, 0.3) is 0 Å². The van der Waals surface area contributed by atoms with E-state index in [-0.39, 0.29) is 17.7 Å². The van der Waals surface area contributed by atoms with Crippen LogP contribution in [0.3, 0.4) is 0 Å². The molecule has 0 aromatic heterocycles. The van der Waals surface area contributed by atoms with E-state index in [1.807, 2.05) is 23.1 Å². The fourth-order valence-corrected chi connectivity index (χ4v) is 4.93. The minimum atomic E-state index is -0.101. The molecule has 2 aromatic rings. The van der Waals surface area contributed by atoms with Crippen molar-refractivity contribution >= 4 is 46.4 Å². The predicted molar refractivity (Wildman–Crippen MR) is 136 cm³/mol. The molecular weight excluding hydrogens is 475 g/mol. The maximum absolute atomic E-state index is 13.1. The summed E-state index contributed by atoms with van der Waals surface area (Å²) in [5.74, 6) is 1.01. The van der Waals surface area contributed by atoms with Gasteiger partial charge in [0.05, 0.1) is 29.4 Å². The van der Waals surface area contributed by atoms with Crippen molar-refractivity contribution in [1.82, 2.24) is 9.80 Å². The minimum absolute atomic E-state index is 0.0206. The smallest absolute Gasteiger partial charge is 0.238 e. The lowest BCUT2D eigenvalue weighted by Gasteiger charge is -2.39. The third-order valence-corrected chi connectivity index (χ3v) is 7.26. The van der Waals surface area contributed by atoms with E-state index in [4.69, 9.17) is 27.9 Å². The second-order valence-electron chi connectivity index (χ2n) is 8.71. The number of benzene rings is 2. The van der Waals surface area contributed by atoms with Gasteiger partial charge in [0.15, 0.2) is 0 Å². The van der Waals surface area contributed by atoms with Gasteiger partial charge in [0.1, 0.15) is 5.75 Å². The molecule has 2 heterocycles. The van der Waals surface area contributed by atoms with Crippen LogP contribution in [0.25, 0.3) is 0 Å². The molecule has 2 fully saturated rings. The molecular formula is C25H30Cl2N4O3. The molecule has 4 rings (SSSR count). The summed E-state index contributed by atoms with van der Waals surface area (Å²) in [5, 5.41) is 3.71. The van der Waals surface area contributed by atoms with Gasteiger partial charge in [0, 0.05) is 37.8 Å². The summed E-state index contributed by atoms with van der Waals surface area (Å²) in [7, 11) is 1.68. The maximum Gasteiger partial charge on any atom is 0.238 e. The van der Waals surface area contributed by atoms with Gasteiger partial charge in [-0.1, -0.05) is 35.3 Å². The van der Waals surface area contributed by atoms with Gasteiger partial charge in [-0.15, -0.1) is 0 Å². The minimum Gasteiger partial charge on any atom is -0.495 e. The summed E-state index contributed by atoms with van der Waals surface area (Å²) in [5.41, 5.74) is 1.70. The van der Waals surface area contributed by atoms with Crippen LogP contribution < -0.4 is 15.0 Å². The molecule has 34 heavy (non-hydrogen) atoms. The third-order valence-electron chi connectivity index (χ3n) is 6.52. The molecule has 0 spiro atoms. The number of para-hydroxylation sites is 2. The maximum atomic E-state index is 13.1. The molecule has 0 aliphatic carbocycles. The van der Waals surface area contributed by atoms with E-state index in [1.165, 1.54) is 0 Å². The molecule has 2 aliphatic rings. The zero-order valence-electron chi connectivity index (χ0n) is 19.3. The van der Waals surface area contributed by atoms with Crippen molar-refractivity contribution in [3.8, 4) is 5.75 Å². The number of nitrogens with one attached hydrogen (secondary N) is 1. The van der Waals surface area contributed by atoms with Crippen molar-refractivity contribution in [2.45, 2.75) is 12.8 Å². The Balaban J connectivity index is 1.21. The molecule has 2 aromatic carbocycles. The van der Waals surface area contributed by atoms with Crippen LogP contribution in [0.5, 0.6) is 5.75 Å². The van der Waals surface area contributed by atoms with Crippen molar-refractivity contribution in [2.24, 2.45) is 5.92 Å². The number of hydrogen-bond donors (Lipinski definition) is 1. The van der Waals surface area contributed by atoms with Gasteiger partial charge in [-0.05, 0) is 56.3 Å². The predicted octanol–water partition coefficient (Wildman–Crippen LogP) is 4.00. The molecule has 0 bridgehead atoms. The number of nitrogens with zero attached hydrogens (tertiary/aromatic N) is 3. The molecule has 182 valence electrons. The Morgan fingerprint density at radius 2 is 1.68 bits per heavy atom. The molecule has 9 heteroatoms. The van der Waals surface area contributed by atoms with Crippen LogP contribution in [0.2, 0.25) is 10.0 Å². The summed E-state index contributed by atoms with van der Waals surface area (Å²) >= 11 is 11.9. The number of carbonyl (C=O) groups is 2. The Morgan fingerprint density at radius 3 is 2.35 bits per heavy atom. The van der Waals surface area contributed by atoms with Gasteiger partial charge < -0.3 is 19.9 Å². The standard InChI is InChI=1S/C25H30Cl2N4O3/c1-34-23-5-3-2-4-22(23)30-12-14-31(15-13-30)25(33)18-8-10-29(11-9-18)17-24(32)28-19-6-7-20(26)21(27)16-19/h2-7,16,18H,8-15,17H2,1H3,(H,28,32). The number of anilines is 2. The molecule has 0 saturated carbocycles. The normalized spacial score (nSPS) is 17.5. The van der Waals surface area contributed by atoms with E-state index >= 15 is 0 Å². The summed E-state index contributed by atoms with van der Waals surface area (Å²) in [6.07, 6.45) is 1.54. The Labute approximate surface area is 210 Å². The van der Waals surface area contributed by atoms with Crippen LogP contribution in [0, 0.1) is 5.92 Å². The number of methoxy groups -OCH3 is 1. The topological polar surface area (TPSA) is 65.1 Å². The van der Waals surface area contributed by atoms with Gasteiger partial charge in [0.2, 0.25) is 11.8 Å². The average Bonchev–Trinajstić information content (AvgIpc) is 2.86. The van der Waals surface area contributed by atoms with Crippen molar-refractivity contribution in [2.75, 3.05) is 63.1 Å². The van der Waals surface area contributed by atoms with Crippen LogP contribution in [0.4, 0.5) is 11.4 Å². The van der Waals surface area contributed by atoms with E-state index in [2.05, 4.69) is 21.2 Å².